The van der Waals surface area contributed by atoms with Gasteiger partial charge in [0.25, 0.3) is 0 Å². The van der Waals surface area contributed by atoms with Gasteiger partial charge in [0, 0.05) is 25.7 Å². The molecule has 0 aliphatic carbocycles. The summed E-state index contributed by atoms with van der Waals surface area (Å²) >= 11 is 0. The molecular formula is C69H130O17P2. The number of hydrogen-bond acceptors (Lipinski definition) is 15. The number of unbranched alkanes of at least 4 members (excludes halogenated alkanes) is 32. The zero-order valence-electron chi connectivity index (χ0n) is 56.5. The minimum atomic E-state index is -4.96. The molecule has 0 aliphatic heterocycles. The lowest BCUT2D eigenvalue weighted by atomic mass is 9.99. The third kappa shape index (κ3) is 61.1. The van der Waals surface area contributed by atoms with Gasteiger partial charge in [-0.3, -0.25) is 37.3 Å². The van der Waals surface area contributed by atoms with E-state index in [9.17, 15) is 43.2 Å². The van der Waals surface area contributed by atoms with Crippen LogP contribution >= 0.6 is 15.6 Å². The SMILES string of the molecule is CCCCCC/C=C\C=C/CCCCCCCC(=O)O[C@H](COC(=O)CCCCCCCCCCCCC(C)CC)COP(=O)(O)OC[C@@H](O)COP(=O)(O)OC[C@@H](COC(=O)CCCCCCCCC)OC(=O)CCCCCCCCCCCC(C)C. The normalized spacial score (nSPS) is 14.7. The number of aliphatic hydroxyl groups excluding tert-OH is 1. The molecule has 0 saturated heterocycles. The van der Waals surface area contributed by atoms with Crippen LogP contribution in [0.25, 0.3) is 0 Å². The van der Waals surface area contributed by atoms with Crippen molar-refractivity contribution in [3.63, 3.8) is 0 Å². The molecule has 0 aliphatic rings. The zero-order chi connectivity index (χ0) is 65.0. The predicted molar refractivity (Wildman–Crippen MR) is 354 cm³/mol. The van der Waals surface area contributed by atoms with Crippen LogP contribution in [0, 0.1) is 11.8 Å². The van der Waals surface area contributed by atoms with E-state index in [0.29, 0.717) is 25.7 Å². The fourth-order valence-corrected chi connectivity index (χ4v) is 11.4. The number of allylic oxidation sites excluding steroid dienone is 4. The molecule has 0 rings (SSSR count). The molecule has 0 aromatic heterocycles. The smallest absolute Gasteiger partial charge is 0.462 e. The van der Waals surface area contributed by atoms with E-state index in [2.05, 4.69) is 65.8 Å². The molecule has 0 heterocycles. The van der Waals surface area contributed by atoms with Crippen LogP contribution in [0.1, 0.15) is 324 Å². The van der Waals surface area contributed by atoms with Gasteiger partial charge in [0.1, 0.15) is 19.3 Å². The molecule has 0 fully saturated rings. The number of hydrogen-bond donors (Lipinski definition) is 3. The van der Waals surface area contributed by atoms with Crippen molar-refractivity contribution in [1.82, 2.24) is 0 Å². The average Bonchev–Trinajstić information content (AvgIpc) is 3.61. The van der Waals surface area contributed by atoms with Crippen molar-refractivity contribution in [2.24, 2.45) is 11.8 Å². The van der Waals surface area contributed by atoms with E-state index in [1.807, 2.05) is 0 Å². The summed E-state index contributed by atoms with van der Waals surface area (Å²) in [5, 5.41) is 10.6. The minimum Gasteiger partial charge on any atom is -0.462 e. The average molecular weight is 1290 g/mol. The first-order valence-corrected chi connectivity index (χ1v) is 38.3. The van der Waals surface area contributed by atoms with E-state index in [1.165, 1.54) is 116 Å². The highest BCUT2D eigenvalue weighted by Crippen LogP contribution is 2.45. The number of esters is 4. The summed E-state index contributed by atoms with van der Waals surface area (Å²) < 4.78 is 68.1. The molecular weight excluding hydrogens is 1160 g/mol. The second kappa shape index (κ2) is 60.8. The minimum absolute atomic E-state index is 0.0846. The molecule has 0 aromatic carbocycles. The fraction of sp³-hybridized carbons (Fsp3) is 0.884. The van der Waals surface area contributed by atoms with Crippen molar-refractivity contribution in [1.29, 1.82) is 0 Å². The summed E-state index contributed by atoms with van der Waals surface area (Å²) in [7, 11) is -9.91. The lowest BCUT2D eigenvalue weighted by Gasteiger charge is -2.21. The number of ether oxygens (including phenoxy) is 4. The summed E-state index contributed by atoms with van der Waals surface area (Å²) in [6.07, 6.45) is 48.0. The molecule has 3 N–H and O–H groups in total. The van der Waals surface area contributed by atoms with Crippen molar-refractivity contribution in [3.8, 4) is 0 Å². The van der Waals surface area contributed by atoms with Gasteiger partial charge in [-0.2, -0.15) is 0 Å². The first-order valence-electron chi connectivity index (χ1n) is 35.3. The second-order valence-electron chi connectivity index (χ2n) is 24.9. The molecule has 3 unspecified atom stereocenters. The molecule has 0 amide bonds. The van der Waals surface area contributed by atoms with E-state index in [1.54, 1.807) is 0 Å². The Morgan fingerprint density at radius 2 is 0.670 bits per heavy atom. The number of carbonyl (C=O) groups excluding carboxylic acids is 4. The summed E-state index contributed by atoms with van der Waals surface area (Å²) in [5.41, 5.74) is 0. The van der Waals surface area contributed by atoms with Crippen LogP contribution in [-0.2, 0) is 65.4 Å². The Morgan fingerprint density at radius 1 is 0.375 bits per heavy atom. The van der Waals surface area contributed by atoms with Gasteiger partial charge in [-0.25, -0.2) is 9.13 Å². The van der Waals surface area contributed by atoms with Crippen LogP contribution in [0.4, 0.5) is 0 Å². The standard InChI is InChI=1S/C69H130O17P2/c1-7-10-12-14-16-17-18-19-20-21-22-29-35-41-47-53-68(73)86-65(58-80-67(72)52-46-40-34-28-24-23-27-33-38-44-50-62(6)9-3)60-84-88(77,78)82-56-63(70)55-81-87(75,76)83-59-64(57-79-66(71)51-45-39-31-15-13-11-8-2)85-69(74)54-48-42-36-30-25-26-32-37-43-49-61(4)5/h17-20,61-65,70H,7-16,21-60H2,1-6H3,(H,75,76)(H,77,78)/b18-17-,20-19-/t62?,63-,64+,65+/m0/s1. The van der Waals surface area contributed by atoms with Crippen molar-refractivity contribution >= 4 is 39.5 Å². The predicted octanol–water partition coefficient (Wildman–Crippen LogP) is 19.2. The Bertz CT molecular complexity index is 1810. The molecule has 0 spiro atoms. The van der Waals surface area contributed by atoms with Gasteiger partial charge in [-0.15, -0.1) is 0 Å². The Hall–Kier alpha value is -2.46. The van der Waals surface area contributed by atoms with Crippen molar-refractivity contribution < 1.29 is 80.2 Å². The van der Waals surface area contributed by atoms with Gasteiger partial charge in [-0.05, 0) is 63.2 Å². The third-order valence-corrected chi connectivity index (χ3v) is 17.6. The number of phosphoric ester groups is 2. The fourth-order valence-electron chi connectivity index (χ4n) is 9.84. The van der Waals surface area contributed by atoms with Gasteiger partial charge >= 0.3 is 39.5 Å². The highest BCUT2D eigenvalue weighted by atomic mass is 31.2. The summed E-state index contributed by atoms with van der Waals surface area (Å²) in [4.78, 5) is 72.3. The van der Waals surface area contributed by atoms with Gasteiger partial charge in [0.15, 0.2) is 12.2 Å². The van der Waals surface area contributed by atoms with Crippen LogP contribution in [0.5, 0.6) is 0 Å². The lowest BCUT2D eigenvalue weighted by molar-refractivity contribution is -0.161. The largest absolute Gasteiger partial charge is 0.472 e. The summed E-state index contributed by atoms with van der Waals surface area (Å²) in [6, 6.07) is 0. The summed E-state index contributed by atoms with van der Waals surface area (Å²) in [6.45, 7) is 9.43. The second-order valence-corrected chi connectivity index (χ2v) is 27.9. The van der Waals surface area contributed by atoms with Gasteiger partial charge in [0.05, 0.1) is 26.4 Å². The number of phosphoric acid groups is 2. The first kappa shape index (κ1) is 85.5. The lowest BCUT2D eigenvalue weighted by Crippen LogP contribution is -2.30. The number of rotatable bonds is 66. The van der Waals surface area contributed by atoms with E-state index >= 15 is 0 Å². The van der Waals surface area contributed by atoms with Crippen LogP contribution < -0.4 is 0 Å². The Morgan fingerprint density at radius 3 is 1.02 bits per heavy atom. The maximum absolute atomic E-state index is 13.0. The Labute approximate surface area is 535 Å². The summed E-state index contributed by atoms with van der Waals surface area (Å²) in [5.74, 6) is -0.619. The molecule has 17 nitrogen and oxygen atoms in total. The maximum Gasteiger partial charge on any atom is 0.472 e. The van der Waals surface area contributed by atoms with Crippen LogP contribution in [0.15, 0.2) is 24.3 Å². The van der Waals surface area contributed by atoms with Crippen LogP contribution in [0.3, 0.4) is 0 Å². The highest BCUT2D eigenvalue weighted by Gasteiger charge is 2.30. The third-order valence-electron chi connectivity index (χ3n) is 15.7. The van der Waals surface area contributed by atoms with E-state index in [4.69, 9.17) is 37.0 Å². The molecule has 19 heteroatoms. The first-order chi connectivity index (χ1) is 42.4. The Balaban J connectivity index is 5.26. The van der Waals surface area contributed by atoms with Crippen molar-refractivity contribution in [3.05, 3.63) is 24.3 Å². The van der Waals surface area contributed by atoms with E-state index < -0.39 is 97.5 Å². The van der Waals surface area contributed by atoms with E-state index in [-0.39, 0.29) is 25.7 Å². The monoisotopic (exact) mass is 1290 g/mol. The van der Waals surface area contributed by atoms with Crippen LogP contribution in [0.2, 0.25) is 0 Å². The van der Waals surface area contributed by atoms with Gasteiger partial charge in [-0.1, -0.05) is 271 Å². The van der Waals surface area contributed by atoms with Crippen molar-refractivity contribution in [2.75, 3.05) is 39.6 Å². The van der Waals surface area contributed by atoms with Crippen molar-refractivity contribution in [2.45, 2.75) is 342 Å². The molecule has 0 saturated carbocycles. The molecule has 0 radical (unpaired) electrons. The zero-order valence-corrected chi connectivity index (χ0v) is 58.3. The molecule has 6 atom stereocenters. The molecule has 0 bridgehead atoms. The molecule has 0 aromatic rings. The maximum atomic E-state index is 13.0. The Kier molecular flexibility index (Phi) is 59.1. The molecule has 518 valence electrons. The van der Waals surface area contributed by atoms with Gasteiger partial charge < -0.3 is 33.8 Å². The number of carbonyl (C=O) groups is 4. The van der Waals surface area contributed by atoms with E-state index in [0.717, 1.165) is 127 Å². The molecule has 88 heavy (non-hydrogen) atoms. The van der Waals surface area contributed by atoms with Crippen LogP contribution in [-0.4, -0.2) is 96.7 Å². The number of aliphatic hydroxyl groups is 1. The quantitative estimate of drug-likeness (QED) is 0.0169. The highest BCUT2D eigenvalue weighted by molar-refractivity contribution is 7.47. The van der Waals surface area contributed by atoms with Gasteiger partial charge in [0.2, 0.25) is 0 Å². The topological polar surface area (TPSA) is 237 Å².